The zero-order chi connectivity index (χ0) is 25.6. The summed E-state index contributed by atoms with van der Waals surface area (Å²) >= 11 is 0. The second kappa shape index (κ2) is 8.93. The third kappa shape index (κ3) is 3.42. The summed E-state index contributed by atoms with van der Waals surface area (Å²) in [5.41, 5.74) is 9.33. The van der Waals surface area contributed by atoms with Crippen molar-refractivity contribution in [2.75, 3.05) is 0 Å². The highest BCUT2D eigenvalue weighted by molar-refractivity contribution is 6.11. The largest absolute Gasteiger partial charge is 0.310 e. The number of aromatic nitrogens is 2. The quantitative estimate of drug-likeness (QED) is 0.214. The molecule has 0 N–H and O–H groups in total. The van der Waals surface area contributed by atoms with Crippen molar-refractivity contribution in [3.63, 3.8) is 0 Å². The van der Waals surface area contributed by atoms with E-state index in [1.807, 2.05) is 6.08 Å². The van der Waals surface area contributed by atoms with Crippen LogP contribution in [0, 0.1) is 0 Å². The minimum absolute atomic E-state index is 0.966. The van der Waals surface area contributed by atoms with E-state index >= 15 is 0 Å². The van der Waals surface area contributed by atoms with Gasteiger partial charge in [-0.1, -0.05) is 92.0 Å². The zero-order valence-corrected chi connectivity index (χ0v) is 21.3. The van der Waals surface area contributed by atoms with E-state index in [4.69, 9.17) is 0 Å². The monoisotopic (exact) mass is 488 g/mol. The number of hydrogen-bond donors (Lipinski definition) is 0. The molecule has 0 bridgehead atoms. The molecule has 38 heavy (non-hydrogen) atoms. The van der Waals surface area contributed by atoms with Crippen LogP contribution in [0.2, 0.25) is 0 Å². The average molecular weight is 489 g/mol. The Kier molecular flexibility index (Phi) is 5.26. The maximum atomic E-state index is 4.53. The first-order valence-corrected chi connectivity index (χ1v) is 13.2. The fourth-order valence-corrected chi connectivity index (χ4v) is 5.98. The first-order chi connectivity index (χ1) is 18.7. The molecule has 2 aromatic heterocycles. The fourth-order valence-electron chi connectivity index (χ4n) is 5.98. The second-order valence-corrected chi connectivity index (χ2v) is 9.88. The van der Waals surface area contributed by atoms with Gasteiger partial charge in [-0.3, -0.25) is 0 Å². The Labute approximate surface area is 222 Å². The van der Waals surface area contributed by atoms with Crippen molar-refractivity contribution < 1.29 is 0 Å². The van der Waals surface area contributed by atoms with Gasteiger partial charge in [-0.15, -0.1) is 0 Å². The van der Waals surface area contributed by atoms with Gasteiger partial charge in [0.2, 0.25) is 0 Å². The average Bonchev–Trinajstić information content (AvgIpc) is 3.49. The number of fused-ring (bicyclic) bond motifs is 6. The van der Waals surface area contributed by atoms with Crippen LogP contribution in [-0.2, 0) is 0 Å². The SMILES string of the molecule is C=C/C(=C\C(=C)C1=CC(n2c3ccccc3c3ccccc32)=CCC1)n1c2ccccc2c2ccccc21. The van der Waals surface area contributed by atoms with Gasteiger partial charge in [0.15, 0.2) is 0 Å². The lowest BCUT2D eigenvalue weighted by Gasteiger charge is -2.18. The molecule has 6 aromatic rings. The molecule has 0 unspecified atom stereocenters. The van der Waals surface area contributed by atoms with Crippen molar-refractivity contribution >= 4 is 55.0 Å². The lowest BCUT2D eigenvalue weighted by Crippen LogP contribution is -2.02. The molecule has 0 fully saturated rings. The third-order valence-electron chi connectivity index (χ3n) is 7.71. The summed E-state index contributed by atoms with van der Waals surface area (Å²) in [5.74, 6) is 0. The maximum Gasteiger partial charge on any atom is 0.0541 e. The van der Waals surface area contributed by atoms with E-state index in [0.717, 1.165) is 24.1 Å². The lowest BCUT2D eigenvalue weighted by atomic mass is 9.96. The van der Waals surface area contributed by atoms with Crippen molar-refractivity contribution in [1.82, 2.24) is 9.13 Å². The number of rotatable bonds is 5. The number of hydrogen-bond acceptors (Lipinski definition) is 0. The molecule has 0 amide bonds. The van der Waals surface area contributed by atoms with Crippen molar-refractivity contribution in [3.05, 3.63) is 146 Å². The summed E-state index contributed by atoms with van der Waals surface area (Å²) < 4.78 is 4.69. The Morgan fingerprint density at radius 3 is 1.66 bits per heavy atom. The first-order valence-electron chi connectivity index (χ1n) is 13.2. The maximum absolute atomic E-state index is 4.53. The van der Waals surface area contributed by atoms with Gasteiger partial charge in [-0.2, -0.15) is 0 Å². The first kappa shape index (κ1) is 22.4. The van der Waals surface area contributed by atoms with Crippen LogP contribution in [0.1, 0.15) is 12.8 Å². The number of allylic oxidation sites excluding steroid dienone is 8. The predicted octanol–water partition coefficient (Wildman–Crippen LogP) is 9.75. The highest BCUT2D eigenvalue weighted by atomic mass is 15.0. The van der Waals surface area contributed by atoms with E-state index < -0.39 is 0 Å². The molecule has 1 aliphatic rings. The van der Waals surface area contributed by atoms with Crippen molar-refractivity contribution in [1.29, 1.82) is 0 Å². The molecule has 7 rings (SSSR count). The summed E-state index contributed by atoms with van der Waals surface area (Å²) in [5, 5.41) is 5.05. The molecule has 0 saturated heterocycles. The topological polar surface area (TPSA) is 9.86 Å². The van der Waals surface area contributed by atoms with Crippen LogP contribution in [-0.4, -0.2) is 9.13 Å². The molecular weight excluding hydrogens is 460 g/mol. The van der Waals surface area contributed by atoms with Crippen LogP contribution in [0.4, 0.5) is 0 Å². The molecule has 1 aliphatic carbocycles. The molecule has 0 saturated carbocycles. The smallest absolute Gasteiger partial charge is 0.0541 e. The van der Waals surface area contributed by atoms with Gasteiger partial charge in [0.1, 0.15) is 0 Å². The van der Waals surface area contributed by atoms with Gasteiger partial charge >= 0.3 is 0 Å². The molecule has 2 nitrogen and oxygen atoms in total. The summed E-state index contributed by atoms with van der Waals surface area (Å²) in [4.78, 5) is 0. The summed E-state index contributed by atoms with van der Waals surface area (Å²) in [6.45, 7) is 8.72. The normalized spacial score (nSPS) is 14.3. The summed E-state index contributed by atoms with van der Waals surface area (Å²) in [6, 6.07) is 34.5. The Hall–Kier alpha value is -4.82. The summed E-state index contributed by atoms with van der Waals surface area (Å²) in [6.07, 6.45) is 10.7. The van der Waals surface area contributed by atoms with Crippen molar-refractivity contribution in [2.24, 2.45) is 0 Å². The van der Waals surface area contributed by atoms with Crippen molar-refractivity contribution in [2.45, 2.75) is 12.8 Å². The van der Waals surface area contributed by atoms with Gasteiger partial charge in [-0.05, 0) is 66.5 Å². The molecule has 0 spiro atoms. The molecule has 4 aromatic carbocycles. The fraction of sp³-hybridized carbons (Fsp3) is 0.0556. The lowest BCUT2D eigenvalue weighted by molar-refractivity contribution is 0.967. The molecule has 0 aliphatic heterocycles. The van der Waals surface area contributed by atoms with Crippen LogP contribution < -0.4 is 0 Å². The van der Waals surface area contributed by atoms with E-state index in [2.05, 4.69) is 138 Å². The van der Waals surface area contributed by atoms with Crippen LogP contribution in [0.5, 0.6) is 0 Å². The van der Waals surface area contributed by atoms with Crippen LogP contribution in [0.3, 0.4) is 0 Å². The Morgan fingerprint density at radius 2 is 1.13 bits per heavy atom. The van der Waals surface area contributed by atoms with Crippen molar-refractivity contribution in [3.8, 4) is 0 Å². The third-order valence-corrected chi connectivity index (χ3v) is 7.71. The second-order valence-electron chi connectivity index (χ2n) is 9.88. The standard InChI is InChI=1S/C36H28N2/c1-3-27(37-33-19-8-4-15-29(33)30-16-5-9-20-34(30)37)23-25(2)26-13-12-14-28(24-26)38-35-21-10-6-17-31(35)32-18-7-11-22-36(32)38/h3-11,14-24H,1-2,12-13H2/b27-23+. The highest BCUT2D eigenvalue weighted by Gasteiger charge is 2.16. The predicted molar refractivity (Wildman–Crippen MR) is 164 cm³/mol. The van der Waals surface area contributed by atoms with E-state index in [0.29, 0.717) is 0 Å². The van der Waals surface area contributed by atoms with E-state index in [1.54, 1.807) is 0 Å². The number of para-hydroxylation sites is 4. The Bertz CT molecular complexity index is 1900. The van der Waals surface area contributed by atoms with Gasteiger partial charge in [-0.25, -0.2) is 0 Å². The van der Waals surface area contributed by atoms with Gasteiger partial charge in [0.05, 0.1) is 22.1 Å². The van der Waals surface area contributed by atoms with E-state index in [9.17, 15) is 0 Å². The molecule has 182 valence electrons. The Morgan fingerprint density at radius 1 is 0.658 bits per heavy atom. The number of benzene rings is 4. The molecule has 2 heteroatoms. The highest BCUT2D eigenvalue weighted by Crippen LogP contribution is 2.36. The van der Waals surface area contributed by atoms with Crippen LogP contribution in [0.15, 0.2) is 146 Å². The number of nitrogens with zero attached hydrogens (tertiary/aromatic N) is 2. The summed E-state index contributed by atoms with van der Waals surface area (Å²) in [7, 11) is 0. The minimum Gasteiger partial charge on any atom is -0.310 e. The van der Waals surface area contributed by atoms with Gasteiger partial charge < -0.3 is 9.13 Å². The van der Waals surface area contributed by atoms with Crippen LogP contribution >= 0.6 is 0 Å². The molecule has 2 heterocycles. The molecule has 0 radical (unpaired) electrons. The molecule has 0 atom stereocenters. The molecular formula is C36H28N2. The van der Waals surface area contributed by atoms with Gasteiger partial charge in [0.25, 0.3) is 0 Å². The van der Waals surface area contributed by atoms with Crippen LogP contribution in [0.25, 0.3) is 55.0 Å². The van der Waals surface area contributed by atoms with E-state index in [-0.39, 0.29) is 0 Å². The van der Waals surface area contributed by atoms with Gasteiger partial charge in [0, 0.05) is 32.9 Å². The Balaban J connectivity index is 1.34. The van der Waals surface area contributed by atoms with E-state index in [1.165, 1.54) is 54.9 Å². The zero-order valence-electron chi connectivity index (χ0n) is 21.3. The minimum atomic E-state index is 0.966.